The first kappa shape index (κ1) is 12.9. The number of nitrogens with two attached hydrogens (primary N) is 3. The van der Waals surface area contributed by atoms with E-state index in [0.717, 1.165) is 6.20 Å². The van der Waals surface area contributed by atoms with Gasteiger partial charge in [-0.25, -0.2) is 13.7 Å². The SMILES string of the molecule is CN=S(N)(=O)/C(=C/N)C1=NCC(CN)CO1. The molecule has 8 heteroatoms. The van der Waals surface area contributed by atoms with Crippen molar-refractivity contribution in [1.29, 1.82) is 0 Å². The summed E-state index contributed by atoms with van der Waals surface area (Å²) < 4.78 is 20.7. The van der Waals surface area contributed by atoms with Crippen LogP contribution in [0, 0.1) is 5.92 Å². The molecule has 2 atom stereocenters. The third kappa shape index (κ3) is 2.71. The van der Waals surface area contributed by atoms with Crippen LogP contribution in [0.25, 0.3) is 0 Å². The van der Waals surface area contributed by atoms with Crippen LogP contribution in [-0.4, -0.2) is 36.9 Å². The molecular weight excluding hydrogens is 230 g/mol. The van der Waals surface area contributed by atoms with Crippen LogP contribution in [0.3, 0.4) is 0 Å². The van der Waals surface area contributed by atoms with Crippen LogP contribution in [0.4, 0.5) is 0 Å². The van der Waals surface area contributed by atoms with Gasteiger partial charge in [0.05, 0.1) is 13.2 Å². The van der Waals surface area contributed by atoms with Crippen molar-refractivity contribution in [3.63, 3.8) is 0 Å². The maximum Gasteiger partial charge on any atom is 0.229 e. The molecule has 0 radical (unpaired) electrons. The smallest absolute Gasteiger partial charge is 0.229 e. The van der Waals surface area contributed by atoms with Gasteiger partial charge in [-0.15, -0.1) is 0 Å². The van der Waals surface area contributed by atoms with Crippen molar-refractivity contribution in [2.45, 2.75) is 0 Å². The minimum atomic E-state index is -3.01. The summed E-state index contributed by atoms with van der Waals surface area (Å²) in [5.41, 5.74) is 10.8. The quantitative estimate of drug-likeness (QED) is 0.576. The Morgan fingerprint density at radius 1 is 1.81 bits per heavy atom. The molecule has 0 bridgehead atoms. The van der Waals surface area contributed by atoms with Crippen LogP contribution in [0.2, 0.25) is 0 Å². The first-order chi connectivity index (χ1) is 7.55. The average molecular weight is 247 g/mol. The Bertz CT molecular complexity index is 422. The summed E-state index contributed by atoms with van der Waals surface area (Å²) in [6.45, 7) is 1.43. The first-order valence-electron chi connectivity index (χ1n) is 4.77. The number of hydrogen-bond acceptors (Lipinski definition) is 6. The van der Waals surface area contributed by atoms with Crippen LogP contribution >= 0.6 is 0 Å². The summed E-state index contributed by atoms with van der Waals surface area (Å²) in [5, 5.41) is 5.50. The van der Waals surface area contributed by atoms with Crippen molar-refractivity contribution >= 4 is 15.8 Å². The van der Waals surface area contributed by atoms with E-state index in [1.807, 2.05) is 0 Å². The number of rotatable bonds is 3. The van der Waals surface area contributed by atoms with Crippen molar-refractivity contribution in [2.24, 2.45) is 31.9 Å². The van der Waals surface area contributed by atoms with Gasteiger partial charge < -0.3 is 16.2 Å². The molecule has 0 spiro atoms. The Kier molecular flexibility index (Phi) is 4.27. The highest BCUT2D eigenvalue weighted by molar-refractivity contribution is 7.96. The van der Waals surface area contributed by atoms with Crippen molar-refractivity contribution in [1.82, 2.24) is 0 Å². The number of ether oxygens (including phenoxy) is 1. The van der Waals surface area contributed by atoms with Gasteiger partial charge in [0.2, 0.25) is 5.90 Å². The molecule has 0 aromatic rings. The van der Waals surface area contributed by atoms with E-state index in [1.165, 1.54) is 7.05 Å². The van der Waals surface area contributed by atoms with Gasteiger partial charge in [-0.2, -0.15) is 0 Å². The lowest BCUT2D eigenvalue weighted by molar-refractivity contribution is 0.226. The molecule has 1 aliphatic rings. The number of aliphatic imine (C=N–C) groups is 1. The van der Waals surface area contributed by atoms with Gasteiger partial charge in [0.1, 0.15) is 14.8 Å². The zero-order chi connectivity index (χ0) is 12.2. The summed E-state index contributed by atoms with van der Waals surface area (Å²) in [7, 11) is -1.65. The zero-order valence-electron chi connectivity index (χ0n) is 9.13. The Morgan fingerprint density at radius 3 is 2.88 bits per heavy atom. The second kappa shape index (κ2) is 5.28. The fourth-order valence-corrected chi connectivity index (χ4v) is 1.96. The minimum absolute atomic E-state index is 0.130. The predicted molar refractivity (Wildman–Crippen MR) is 63.8 cm³/mol. The molecule has 0 aromatic carbocycles. The van der Waals surface area contributed by atoms with E-state index in [9.17, 15) is 4.21 Å². The van der Waals surface area contributed by atoms with E-state index in [1.54, 1.807) is 0 Å². The average Bonchev–Trinajstić information content (AvgIpc) is 2.30. The van der Waals surface area contributed by atoms with E-state index < -0.39 is 9.92 Å². The van der Waals surface area contributed by atoms with Crippen molar-refractivity contribution < 1.29 is 8.95 Å². The maximum absolute atomic E-state index is 11.8. The Balaban J connectivity index is 2.95. The molecule has 1 rings (SSSR count). The lowest BCUT2D eigenvalue weighted by Crippen LogP contribution is -2.32. The largest absolute Gasteiger partial charge is 0.477 e. The third-order valence-electron chi connectivity index (χ3n) is 2.23. The molecule has 92 valence electrons. The monoisotopic (exact) mass is 247 g/mol. The number of hydrogen-bond donors (Lipinski definition) is 3. The van der Waals surface area contributed by atoms with E-state index in [4.69, 9.17) is 21.3 Å². The van der Waals surface area contributed by atoms with Crippen LogP contribution in [0.15, 0.2) is 20.5 Å². The maximum atomic E-state index is 11.8. The molecule has 16 heavy (non-hydrogen) atoms. The fourth-order valence-electron chi connectivity index (χ4n) is 1.19. The topological polar surface area (TPSA) is 129 Å². The molecule has 0 saturated heterocycles. The van der Waals surface area contributed by atoms with Crippen molar-refractivity contribution in [2.75, 3.05) is 26.7 Å². The van der Waals surface area contributed by atoms with Crippen molar-refractivity contribution in [3.8, 4) is 0 Å². The van der Waals surface area contributed by atoms with E-state index in [0.29, 0.717) is 19.7 Å². The molecule has 1 heterocycles. The van der Waals surface area contributed by atoms with Gasteiger partial charge in [-0.3, -0.25) is 4.99 Å². The highest BCUT2D eigenvalue weighted by Gasteiger charge is 2.23. The van der Waals surface area contributed by atoms with Gasteiger partial charge in [-0.1, -0.05) is 0 Å². The van der Waals surface area contributed by atoms with Crippen LogP contribution in [-0.2, 0) is 14.7 Å². The summed E-state index contributed by atoms with van der Waals surface area (Å²) in [6.07, 6.45) is 1.12. The first-order valence-corrected chi connectivity index (χ1v) is 6.35. The highest BCUT2D eigenvalue weighted by atomic mass is 32.2. The Hall–Kier alpha value is -1.12. The zero-order valence-corrected chi connectivity index (χ0v) is 9.94. The molecule has 7 nitrogen and oxygen atoms in total. The molecule has 0 aromatic heterocycles. The summed E-state index contributed by atoms with van der Waals surface area (Å²) >= 11 is 0. The summed E-state index contributed by atoms with van der Waals surface area (Å²) in [6, 6.07) is 0. The second-order valence-corrected chi connectivity index (χ2v) is 5.28. The molecule has 0 aliphatic carbocycles. The summed E-state index contributed by atoms with van der Waals surface area (Å²) in [5.74, 6) is 0.375. The lowest BCUT2D eigenvalue weighted by Gasteiger charge is -2.22. The molecule has 0 fully saturated rings. The molecule has 0 saturated carbocycles. The van der Waals surface area contributed by atoms with E-state index in [-0.39, 0.29) is 16.7 Å². The molecule has 2 unspecified atom stereocenters. The fraction of sp³-hybridized carbons (Fsp3) is 0.625. The standard InChI is InChI=1S/C8H17N5O2S/c1-12-16(11,14)7(3-10)8-13-4-6(2-9)5-15-8/h3,6H,2,4-5,9-10H2,1H3,(H2,11,12,14)/b7-3+. The van der Waals surface area contributed by atoms with Crippen molar-refractivity contribution in [3.05, 3.63) is 11.1 Å². The minimum Gasteiger partial charge on any atom is -0.477 e. The predicted octanol–water partition coefficient (Wildman–Crippen LogP) is -1.24. The second-order valence-electron chi connectivity index (χ2n) is 3.34. The Morgan fingerprint density at radius 2 is 2.50 bits per heavy atom. The molecule has 6 N–H and O–H groups in total. The Labute approximate surface area is 95.0 Å². The van der Waals surface area contributed by atoms with E-state index in [2.05, 4.69) is 9.36 Å². The van der Waals surface area contributed by atoms with Gasteiger partial charge >= 0.3 is 0 Å². The molecule has 1 aliphatic heterocycles. The van der Waals surface area contributed by atoms with Gasteiger partial charge in [0.25, 0.3) is 0 Å². The lowest BCUT2D eigenvalue weighted by atomic mass is 10.1. The van der Waals surface area contributed by atoms with Gasteiger partial charge in [0, 0.05) is 25.7 Å². The molecule has 0 amide bonds. The molecular formula is C8H17N5O2S. The highest BCUT2D eigenvalue weighted by Crippen LogP contribution is 2.13. The van der Waals surface area contributed by atoms with E-state index >= 15 is 0 Å². The van der Waals surface area contributed by atoms with Crippen LogP contribution in [0.1, 0.15) is 0 Å². The number of nitrogens with zero attached hydrogens (tertiary/aromatic N) is 2. The normalized spacial score (nSPS) is 25.3. The van der Waals surface area contributed by atoms with Gasteiger partial charge in [0.15, 0.2) is 0 Å². The van der Waals surface area contributed by atoms with Crippen LogP contribution in [0.5, 0.6) is 0 Å². The van der Waals surface area contributed by atoms with Crippen LogP contribution < -0.4 is 16.6 Å². The third-order valence-corrected chi connectivity index (χ3v) is 3.71. The summed E-state index contributed by atoms with van der Waals surface area (Å²) in [4.78, 5) is 4.24. The van der Waals surface area contributed by atoms with Gasteiger partial charge in [-0.05, 0) is 0 Å².